The highest BCUT2D eigenvalue weighted by atomic mass is 19.3. The van der Waals surface area contributed by atoms with Crippen LogP contribution in [0.15, 0.2) is 18.2 Å². The summed E-state index contributed by atoms with van der Waals surface area (Å²) in [5.41, 5.74) is 0.604. The third-order valence-corrected chi connectivity index (χ3v) is 3.02. The molecule has 0 N–H and O–H groups in total. The number of benzene rings is 1. The molecule has 6 heteroatoms. The van der Waals surface area contributed by atoms with E-state index in [0.29, 0.717) is 18.7 Å². The maximum absolute atomic E-state index is 12.4. The van der Waals surface area contributed by atoms with Crippen LogP contribution < -0.4 is 9.47 Å². The predicted molar refractivity (Wildman–Crippen MR) is 70.9 cm³/mol. The zero-order valence-electron chi connectivity index (χ0n) is 11.8. The Balaban J connectivity index is 3.15. The van der Waals surface area contributed by atoms with Crippen LogP contribution in [0.2, 0.25) is 0 Å². The molecule has 1 aromatic rings. The molecule has 1 unspecified atom stereocenters. The molecule has 0 radical (unpaired) electrons. The normalized spacial score (nSPS) is 12.3. The molecule has 20 heavy (non-hydrogen) atoms. The molecule has 110 valence electrons. The van der Waals surface area contributed by atoms with Crippen molar-refractivity contribution in [3.8, 4) is 17.6 Å². The van der Waals surface area contributed by atoms with Gasteiger partial charge in [0.05, 0.1) is 13.2 Å². The van der Waals surface area contributed by atoms with Gasteiger partial charge in [0, 0.05) is 0 Å². The second-order valence-electron chi connectivity index (χ2n) is 4.04. The van der Waals surface area contributed by atoms with Crippen LogP contribution in [0.5, 0.6) is 11.5 Å². The zero-order chi connectivity index (χ0) is 15.1. The molecule has 0 bridgehead atoms. The Bertz CT molecular complexity index is 471. The SMILES string of the molecule is CCN(CC)C(C#N)c1ccc(OC)c(OC(F)F)c1. The van der Waals surface area contributed by atoms with Gasteiger partial charge in [-0.2, -0.15) is 14.0 Å². The van der Waals surface area contributed by atoms with Gasteiger partial charge in [-0.25, -0.2) is 0 Å². The van der Waals surface area contributed by atoms with Gasteiger partial charge in [-0.15, -0.1) is 0 Å². The van der Waals surface area contributed by atoms with E-state index in [0.717, 1.165) is 0 Å². The van der Waals surface area contributed by atoms with Crippen molar-refractivity contribution in [3.05, 3.63) is 23.8 Å². The van der Waals surface area contributed by atoms with Crippen molar-refractivity contribution in [1.82, 2.24) is 4.90 Å². The predicted octanol–water partition coefficient (Wildman–Crippen LogP) is 3.20. The zero-order valence-corrected chi connectivity index (χ0v) is 11.8. The van der Waals surface area contributed by atoms with Gasteiger partial charge in [0.25, 0.3) is 0 Å². The Morgan fingerprint density at radius 3 is 2.35 bits per heavy atom. The summed E-state index contributed by atoms with van der Waals surface area (Å²) in [6.45, 7) is 2.31. The smallest absolute Gasteiger partial charge is 0.387 e. The van der Waals surface area contributed by atoms with E-state index in [1.54, 1.807) is 6.07 Å². The topological polar surface area (TPSA) is 45.5 Å². The van der Waals surface area contributed by atoms with Crippen LogP contribution >= 0.6 is 0 Å². The number of nitriles is 1. The van der Waals surface area contributed by atoms with Crippen LogP contribution in [0, 0.1) is 11.3 Å². The fraction of sp³-hybridized carbons (Fsp3) is 0.500. The number of hydrogen-bond acceptors (Lipinski definition) is 4. The van der Waals surface area contributed by atoms with Gasteiger partial charge in [0.15, 0.2) is 11.5 Å². The molecule has 0 aliphatic rings. The molecule has 0 fully saturated rings. The van der Waals surface area contributed by atoms with Gasteiger partial charge in [0.2, 0.25) is 0 Å². The number of halogens is 2. The van der Waals surface area contributed by atoms with Gasteiger partial charge in [-0.3, -0.25) is 4.90 Å². The first-order valence-corrected chi connectivity index (χ1v) is 6.33. The molecule has 0 spiro atoms. The van der Waals surface area contributed by atoms with Crippen molar-refractivity contribution >= 4 is 0 Å². The van der Waals surface area contributed by atoms with Gasteiger partial charge >= 0.3 is 6.61 Å². The van der Waals surface area contributed by atoms with E-state index in [1.807, 2.05) is 18.7 Å². The van der Waals surface area contributed by atoms with E-state index in [-0.39, 0.29) is 11.5 Å². The van der Waals surface area contributed by atoms with Gasteiger partial charge in [-0.05, 0) is 30.8 Å². The number of ether oxygens (including phenoxy) is 2. The number of methoxy groups -OCH3 is 1. The Morgan fingerprint density at radius 1 is 1.25 bits per heavy atom. The first kappa shape index (κ1) is 16.2. The minimum absolute atomic E-state index is 0.0626. The summed E-state index contributed by atoms with van der Waals surface area (Å²) >= 11 is 0. The quantitative estimate of drug-likeness (QED) is 0.771. The molecule has 0 aromatic heterocycles. The number of hydrogen-bond donors (Lipinski definition) is 0. The van der Waals surface area contributed by atoms with E-state index >= 15 is 0 Å². The molecule has 0 saturated heterocycles. The summed E-state index contributed by atoms with van der Waals surface area (Å²) < 4.78 is 34.2. The highest BCUT2D eigenvalue weighted by Crippen LogP contribution is 2.32. The fourth-order valence-corrected chi connectivity index (χ4v) is 2.01. The molecule has 1 aromatic carbocycles. The van der Waals surface area contributed by atoms with Gasteiger partial charge in [-0.1, -0.05) is 19.9 Å². The third-order valence-electron chi connectivity index (χ3n) is 3.02. The molecule has 0 heterocycles. The summed E-state index contributed by atoms with van der Waals surface area (Å²) in [5, 5.41) is 9.30. The summed E-state index contributed by atoms with van der Waals surface area (Å²) in [7, 11) is 1.37. The molecule has 4 nitrogen and oxygen atoms in total. The first-order chi connectivity index (χ1) is 9.57. The second kappa shape index (κ2) is 7.65. The molecule has 0 aliphatic carbocycles. The van der Waals surface area contributed by atoms with Crippen molar-refractivity contribution in [2.24, 2.45) is 0 Å². The molecular formula is C14H18F2N2O2. The molecule has 1 rings (SSSR count). The van der Waals surface area contributed by atoms with Crippen molar-refractivity contribution in [2.75, 3.05) is 20.2 Å². The van der Waals surface area contributed by atoms with Gasteiger partial charge in [0.1, 0.15) is 6.04 Å². The van der Waals surface area contributed by atoms with Crippen molar-refractivity contribution in [3.63, 3.8) is 0 Å². The molecular weight excluding hydrogens is 266 g/mol. The van der Waals surface area contributed by atoms with Gasteiger partial charge < -0.3 is 9.47 Å². The summed E-state index contributed by atoms with van der Waals surface area (Å²) in [5.74, 6) is 0.151. The first-order valence-electron chi connectivity index (χ1n) is 6.33. The van der Waals surface area contributed by atoms with Crippen molar-refractivity contribution in [1.29, 1.82) is 5.26 Å². The van der Waals surface area contributed by atoms with Crippen LogP contribution in [0.3, 0.4) is 0 Å². The molecule has 0 aliphatic heterocycles. The van der Waals surface area contributed by atoms with E-state index in [9.17, 15) is 14.0 Å². The summed E-state index contributed by atoms with van der Waals surface area (Å²) in [4.78, 5) is 1.92. The van der Waals surface area contributed by atoms with Crippen LogP contribution in [0.4, 0.5) is 8.78 Å². The number of alkyl halides is 2. The molecule has 0 saturated carbocycles. The van der Waals surface area contributed by atoms with Crippen molar-refractivity contribution < 1.29 is 18.3 Å². The average molecular weight is 284 g/mol. The highest BCUT2D eigenvalue weighted by molar-refractivity contribution is 5.44. The Hall–Kier alpha value is -1.87. The van der Waals surface area contributed by atoms with Crippen molar-refractivity contribution in [2.45, 2.75) is 26.5 Å². The minimum Gasteiger partial charge on any atom is -0.493 e. The summed E-state index contributed by atoms with van der Waals surface area (Å²) in [6, 6.07) is 6.32. The lowest BCUT2D eigenvalue weighted by Gasteiger charge is -2.24. The average Bonchev–Trinajstić information content (AvgIpc) is 2.44. The fourth-order valence-electron chi connectivity index (χ4n) is 2.01. The number of rotatable bonds is 7. The number of nitrogens with zero attached hydrogens (tertiary/aromatic N) is 2. The Kier molecular flexibility index (Phi) is 6.19. The summed E-state index contributed by atoms with van der Waals surface area (Å²) in [6.07, 6.45) is 0. The Labute approximate surface area is 117 Å². The third kappa shape index (κ3) is 3.81. The van der Waals surface area contributed by atoms with Crippen LogP contribution in [-0.2, 0) is 0 Å². The van der Waals surface area contributed by atoms with E-state index < -0.39 is 12.7 Å². The Morgan fingerprint density at radius 2 is 1.90 bits per heavy atom. The maximum Gasteiger partial charge on any atom is 0.387 e. The molecule has 0 amide bonds. The standard InChI is InChI=1S/C14H18F2N2O2/c1-4-18(5-2)11(9-17)10-6-7-12(19-3)13(8-10)20-14(15)16/h6-8,11,14H,4-5H2,1-3H3. The highest BCUT2D eigenvalue weighted by Gasteiger charge is 2.20. The monoisotopic (exact) mass is 284 g/mol. The molecule has 1 atom stereocenters. The van der Waals surface area contributed by atoms with Crippen LogP contribution in [0.25, 0.3) is 0 Å². The largest absolute Gasteiger partial charge is 0.493 e. The van der Waals surface area contributed by atoms with Crippen LogP contribution in [-0.4, -0.2) is 31.7 Å². The second-order valence-corrected chi connectivity index (χ2v) is 4.04. The van der Waals surface area contributed by atoms with E-state index in [4.69, 9.17) is 4.74 Å². The lowest BCUT2D eigenvalue weighted by atomic mass is 10.1. The minimum atomic E-state index is -2.94. The van der Waals surface area contributed by atoms with E-state index in [1.165, 1.54) is 19.2 Å². The lowest BCUT2D eigenvalue weighted by molar-refractivity contribution is -0.0512. The maximum atomic E-state index is 12.4. The lowest BCUT2D eigenvalue weighted by Crippen LogP contribution is -2.27. The van der Waals surface area contributed by atoms with E-state index in [2.05, 4.69) is 10.8 Å². The van der Waals surface area contributed by atoms with Crippen LogP contribution in [0.1, 0.15) is 25.5 Å².